The zero-order valence-corrected chi connectivity index (χ0v) is 7.15. The van der Waals surface area contributed by atoms with E-state index in [0.717, 1.165) is 0 Å². The van der Waals surface area contributed by atoms with E-state index in [1.165, 1.54) is 6.92 Å². The van der Waals surface area contributed by atoms with Crippen LogP contribution in [0, 0.1) is 0 Å². The molecule has 0 aliphatic heterocycles. The highest BCUT2D eigenvalue weighted by Gasteiger charge is 2.33. The number of likely N-dealkylation sites (N-methyl/N-ethyl adjacent to an activating group) is 1. The van der Waals surface area contributed by atoms with Crippen LogP contribution in [-0.2, 0) is 0 Å². The van der Waals surface area contributed by atoms with Crippen molar-refractivity contribution in [1.82, 2.24) is 4.90 Å². The Bertz CT molecular complexity index is 111. The molecule has 5 nitrogen and oxygen atoms in total. The molecule has 0 fully saturated rings. The maximum atomic E-state index is 9.31. The van der Waals surface area contributed by atoms with Gasteiger partial charge in [0, 0.05) is 0 Å². The molecule has 0 rings (SSSR count). The van der Waals surface area contributed by atoms with E-state index in [1.807, 2.05) is 0 Å². The maximum Gasteiger partial charge on any atom is 0.130 e. The van der Waals surface area contributed by atoms with Crippen LogP contribution in [0.5, 0.6) is 0 Å². The summed E-state index contributed by atoms with van der Waals surface area (Å²) in [6, 6.07) is -0.664. The summed E-state index contributed by atoms with van der Waals surface area (Å²) in [4.78, 5) is 1.57. The van der Waals surface area contributed by atoms with Gasteiger partial charge < -0.3 is 21.7 Å². The molecule has 0 aromatic carbocycles. The summed E-state index contributed by atoms with van der Waals surface area (Å²) in [6.07, 6.45) is -1.15. The minimum atomic E-state index is -1.49. The fraction of sp³-hybridized carbons (Fsp3) is 1.00. The van der Waals surface area contributed by atoms with Crippen LogP contribution in [0.15, 0.2) is 0 Å². The van der Waals surface area contributed by atoms with E-state index in [2.05, 4.69) is 0 Å². The van der Waals surface area contributed by atoms with Gasteiger partial charge in [-0.2, -0.15) is 0 Å². The highest BCUT2D eigenvalue weighted by molar-refractivity contribution is 4.85. The van der Waals surface area contributed by atoms with E-state index in [1.54, 1.807) is 19.0 Å². The zero-order valence-electron chi connectivity index (χ0n) is 7.15. The molecule has 0 saturated heterocycles. The predicted octanol–water partition coefficient (Wildman–Crippen LogP) is -2.14. The number of hydrogen-bond donors (Lipinski definition) is 4. The molecule has 0 spiro atoms. The van der Waals surface area contributed by atoms with Gasteiger partial charge in [-0.05, 0) is 21.0 Å². The quantitative estimate of drug-likeness (QED) is 0.356. The minimum absolute atomic E-state index is 0.664. The molecule has 11 heavy (non-hydrogen) atoms. The lowest BCUT2D eigenvalue weighted by Gasteiger charge is -2.35. The predicted molar refractivity (Wildman–Crippen MR) is 42.5 cm³/mol. The SMILES string of the molecule is CN(C)C(C(N)O)C(C)(N)O. The van der Waals surface area contributed by atoms with Crippen LogP contribution in [0.4, 0.5) is 0 Å². The Morgan fingerprint density at radius 3 is 1.82 bits per heavy atom. The zero-order chi connectivity index (χ0) is 9.23. The molecule has 0 aromatic rings. The molecule has 3 unspecified atom stereocenters. The molecular weight excluding hydrogens is 146 g/mol. The maximum absolute atomic E-state index is 9.31. The van der Waals surface area contributed by atoms with Crippen LogP contribution < -0.4 is 11.5 Å². The van der Waals surface area contributed by atoms with Crippen molar-refractivity contribution in [3.05, 3.63) is 0 Å². The van der Waals surface area contributed by atoms with Crippen LogP contribution in [0.1, 0.15) is 6.92 Å². The molecule has 0 bridgehead atoms. The Labute approximate surface area is 66.6 Å². The molecular formula is C6H17N3O2. The Balaban J connectivity index is 4.35. The van der Waals surface area contributed by atoms with Crippen LogP contribution in [-0.4, -0.2) is 47.2 Å². The standard InChI is InChI=1S/C6H17N3O2/c1-6(8,11)4(5(7)10)9(2)3/h4-5,10-11H,7-8H2,1-3H3. The summed E-state index contributed by atoms with van der Waals surface area (Å²) in [5.41, 5.74) is 9.06. The summed E-state index contributed by atoms with van der Waals surface area (Å²) in [5, 5.41) is 18.3. The van der Waals surface area contributed by atoms with Crippen molar-refractivity contribution in [2.75, 3.05) is 14.1 Å². The normalized spacial score (nSPS) is 22.9. The lowest BCUT2D eigenvalue weighted by Crippen LogP contribution is -2.62. The van der Waals surface area contributed by atoms with E-state index in [-0.39, 0.29) is 0 Å². The van der Waals surface area contributed by atoms with Gasteiger partial charge in [-0.1, -0.05) is 0 Å². The average Bonchev–Trinajstić information content (AvgIpc) is 1.54. The molecule has 0 saturated carbocycles. The third-order valence-corrected chi connectivity index (χ3v) is 1.48. The van der Waals surface area contributed by atoms with Crippen molar-refractivity contribution in [3.8, 4) is 0 Å². The molecule has 0 radical (unpaired) electrons. The smallest absolute Gasteiger partial charge is 0.130 e. The van der Waals surface area contributed by atoms with Gasteiger partial charge in [-0.3, -0.25) is 4.90 Å². The third-order valence-electron chi connectivity index (χ3n) is 1.48. The van der Waals surface area contributed by atoms with E-state index < -0.39 is 18.0 Å². The largest absolute Gasteiger partial charge is 0.377 e. The molecule has 3 atom stereocenters. The highest BCUT2D eigenvalue weighted by atomic mass is 16.3. The Hall–Kier alpha value is -0.200. The van der Waals surface area contributed by atoms with Gasteiger partial charge in [0.15, 0.2) is 0 Å². The molecule has 0 heterocycles. The Morgan fingerprint density at radius 2 is 1.82 bits per heavy atom. The summed E-state index contributed by atoms with van der Waals surface area (Å²) < 4.78 is 0. The van der Waals surface area contributed by atoms with Gasteiger partial charge in [0.1, 0.15) is 12.0 Å². The van der Waals surface area contributed by atoms with E-state index >= 15 is 0 Å². The number of nitrogens with zero attached hydrogens (tertiary/aromatic N) is 1. The van der Waals surface area contributed by atoms with Crippen LogP contribution in [0.3, 0.4) is 0 Å². The summed E-state index contributed by atoms with van der Waals surface area (Å²) in [7, 11) is 3.37. The number of nitrogens with two attached hydrogens (primary N) is 2. The van der Waals surface area contributed by atoms with Gasteiger partial charge in [0.05, 0.1) is 6.04 Å². The van der Waals surface area contributed by atoms with E-state index in [0.29, 0.717) is 0 Å². The first kappa shape index (κ1) is 10.8. The van der Waals surface area contributed by atoms with Gasteiger partial charge >= 0.3 is 0 Å². The van der Waals surface area contributed by atoms with Crippen LogP contribution in [0.2, 0.25) is 0 Å². The molecule has 0 aliphatic rings. The fourth-order valence-electron chi connectivity index (χ4n) is 1.17. The summed E-state index contributed by atoms with van der Waals surface area (Å²) in [6.45, 7) is 1.40. The first-order chi connectivity index (χ1) is 4.76. The minimum Gasteiger partial charge on any atom is -0.377 e. The monoisotopic (exact) mass is 163 g/mol. The second-order valence-corrected chi connectivity index (χ2v) is 3.12. The Kier molecular flexibility index (Phi) is 3.40. The van der Waals surface area contributed by atoms with Crippen molar-refractivity contribution >= 4 is 0 Å². The molecule has 0 aromatic heterocycles. The average molecular weight is 163 g/mol. The molecule has 6 N–H and O–H groups in total. The van der Waals surface area contributed by atoms with Gasteiger partial charge in [0.2, 0.25) is 0 Å². The molecule has 0 aliphatic carbocycles. The van der Waals surface area contributed by atoms with Crippen molar-refractivity contribution in [1.29, 1.82) is 0 Å². The number of aliphatic hydroxyl groups is 2. The topological polar surface area (TPSA) is 95.7 Å². The van der Waals surface area contributed by atoms with Gasteiger partial charge in [-0.25, -0.2) is 0 Å². The Morgan fingerprint density at radius 1 is 1.45 bits per heavy atom. The van der Waals surface area contributed by atoms with Crippen molar-refractivity contribution < 1.29 is 10.2 Å². The number of hydrogen-bond acceptors (Lipinski definition) is 5. The van der Waals surface area contributed by atoms with E-state index in [9.17, 15) is 5.11 Å². The van der Waals surface area contributed by atoms with E-state index in [4.69, 9.17) is 16.6 Å². The lowest BCUT2D eigenvalue weighted by atomic mass is 10.1. The van der Waals surface area contributed by atoms with Crippen LogP contribution >= 0.6 is 0 Å². The molecule has 5 heteroatoms. The van der Waals surface area contributed by atoms with Crippen molar-refractivity contribution in [2.45, 2.75) is 24.9 Å². The van der Waals surface area contributed by atoms with Crippen LogP contribution in [0.25, 0.3) is 0 Å². The summed E-state index contributed by atoms with van der Waals surface area (Å²) in [5.74, 6) is 0. The second-order valence-electron chi connectivity index (χ2n) is 3.12. The highest BCUT2D eigenvalue weighted by Crippen LogP contribution is 2.08. The third kappa shape index (κ3) is 3.13. The number of rotatable bonds is 3. The molecule has 0 amide bonds. The van der Waals surface area contributed by atoms with Gasteiger partial charge in [-0.15, -0.1) is 0 Å². The lowest BCUT2D eigenvalue weighted by molar-refractivity contribution is -0.0663. The van der Waals surface area contributed by atoms with Crippen molar-refractivity contribution in [2.24, 2.45) is 11.5 Å². The first-order valence-electron chi connectivity index (χ1n) is 3.38. The first-order valence-corrected chi connectivity index (χ1v) is 3.38. The number of aliphatic hydroxyl groups excluding tert-OH is 1. The summed E-state index contributed by atoms with van der Waals surface area (Å²) >= 11 is 0. The second kappa shape index (κ2) is 3.46. The molecule has 68 valence electrons. The van der Waals surface area contributed by atoms with Crippen molar-refractivity contribution in [3.63, 3.8) is 0 Å². The van der Waals surface area contributed by atoms with Gasteiger partial charge in [0.25, 0.3) is 0 Å². The fourth-order valence-corrected chi connectivity index (χ4v) is 1.17.